The number of anilines is 1. The molecule has 2 heterocycles. The summed E-state index contributed by atoms with van der Waals surface area (Å²) < 4.78 is 19.3. The maximum Gasteiger partial charge on any atom is 0.407 e. The first-order valence-electron chi connectivity index (χ1n) is 7.74. The maximum atomic E-state index is 13.5. The van der Waals surface area contributed by atoms with Crippen molar-refractivity contribution in [1.82, 2.24) is 10.3 Å². The number of aliphatic hydroxyl groups excluding tert-OH is 1. The summed E-state index contributed by atoms with van der Waals surface area (Å²) in [7, 11) is 0. The number of nitrogens with one attached hydrogen (secondary N) is 1. The molecular formula is C17H17FIN3O3. The Morgan fingerprint density at radius 1 is 1.36 bits per heavy atom. The molecule has 0 saturated carbocycles. The second-order valence-corrected chi connectivity index (χ2v) is 7.00. The van der Waals surface area contributed by atoms with Gasteiger partial charge in [0.25, 0.3) is 0 Å². The van der Waals surface area contributed by atoms with Gasteiger partial charge in [0.05, 0.1) is 12.1 Å². The second kappa shape index (κ2) is 7.96. The molecule has 0 unspecified atom stereocenters. The molecule has 1 aromatic carbocycles. The Morgan fingerprint density at radius 2 is 2.12 bits per heavy atom. The summed E-state index contributed by atoms with van der Waals surface area (Å²) in [5.74, 6) is -0.138. The molecule has 2 N–H and O–H groups in total. The molecule has 1 amide bonds. The van der Waals surface area contributed by atoms with Crippen LogP contribution >= 0.6 is 22.6 Å². The van der Waals surface area contributed by atoms with Crippen molar-refractivity contribution in [2.75, 3.05) is 18.0 Å². The molecule has 8 heteroatoms. The quantitative estimate of drug-likeness (QED) is 0.545. The lowest BCUT2D eigenvalue weighted by atomic mass is 10.2. The summed E-state index contributed by atoms with van der Waals surface area (Å²) in [5, 5.41) is 12.8. The highest BCUT2D eigenvalue weighted by Gasteiger charge is 2.33. The van der Waals surface area contributed by atoms with E-state index in [0.717, 1.165) is 5.56 Å². The minimum atomic E-state index is -0.785. The van der Waals surface area contributed by atoms with Crippen LogP contribution in [0, 0.1) is 9.52 Å². The van der Waals surface area contributed by atoms with Gasteiger partial charge in [-0.2, -0.15) is 4.39 Å². The lowest BCUT2D eigenvalue weighted by Crippen LogP contribution is -2.43. The van der Waals surface area contributed by atoms with Crippen LogP contribution in [-0.4, -0.2) is 41.4 Å². The number of aliphatic hydroxyl groups is 1. The maximum absolute atomic E-state index is 13.5. The van der Waals surface area contributed by atoms with Crippen LogP contribution in [0.2, 0.25) is 0 Å². The number of ether oxygens (including phenoxy) is 1. The number of alkyl carbamates (subject to hydrolysis) is 1. The van der Waals surface area contributed by atoms with Gasteiger partial charge in [0, 0.05) is 22.7 Å². The SMILES string of the molecule is O=C(N[C@@H]1CN(c2cc(I)cc(F)n2)C[C@H]1O)OCc1ccccc1. The minimum absolute atomic E-state index is 0.156. The van der Waals surface area contributed by atoms with Crippen LogP contribution < -0.4 is 10.2 Å². The summed E-state index contributed by atoms with van der Waals surface area (Å²) in [5.41, 5.74) is 0.879. The Bertz CT molecular complexity index is 727. The highest BCUT2D eigenvalue weighted by atomic mass is 127. The first-order chi connectivity index (χ1) is 12.0. The van der Waals surface area contributed by atoms with Crippen LogP contribution in [0.4, 0.5) is 15.0 Å². The monoisotopic (exact) mass is 457 g/mol. The number of amides is 1. The lowest BCUT2D eigenvalue weighted by Gasteiger charge is -2.17. The predicted octanol–water partition coefficient (Wildman–Crippen LogP) is 2.30. The van der Waals surface area contributed by atoms with E-state index in [-0.39, 0.29) is 13.2 Å². The molecule has 2 aromatic rings. The number of aromatic nitrogens is 1. The van der Waals surface area contributed by atoms with Gasteiger partial charge < -0.3 is 20.1 Å². The highest BCUT2D eigenvalue weighted by Crippen LogP contribution is 2.21. The van der Waals surface area contributed by atoms with Gasteiger partial charge in [-0.05, 0) is 34.2 Å². The van der Waals surface area contributed by atoms with Gasteiger partial charge in [-0.25, -0.2) is 9.78 Å². The standard InChI is InChI=1S/C17H17FIN3O3/c18-15-6-12(19)7-16(21-15)22-8-13(14(23)9-22)20-17(24)25-10-11-4-2-1-3-5-11/h1-7,13-14,23H,8-10H2,(H,20,24)/t13-,14-/m1/s1. The van der Waals surface area contributed by atoms with E-state index >= 15 is 0 Å². The number of β-amino-alcohol motifs (C(OH)–C–C–N with tert-alkyl or cyclic N) is 1. The van der Waals surface area contributed by atoms with Crippen molar-refractivity contribution in [3.05, 3.63) is 57.5 Å². The fourth-order valence-electron chi connectivity index (χ4n) is 2.65. The van der Waals surface area contributed by atoms with E-state index in [0.29, 0.717) is 15.9 Å². The number of hydrogen-bond donors (Lipinski definition) is 2. The minimum Gasteiger partial charge on any atom is -0.445 e. The van der Waals surface area contributed by atoms with Gasteiger partial charge in [-0.15, -0.1) is 0 Å². The van der Waals surface area contributed by atoms with Crippen molar-refractivity contribution in [3.63, 3.8) is 0 Å². The third-order valence-corrected chi connectivity index (χ3v) is 4.50. The largest absolute Gasteiger partial charge is 0.445 e. The number of nitrogens with zero attached hydrogens (tertiary/aromatic N) is 2. The van der Waals surface area contributed by atoms with Crippen molar-refractivity contribution >= 4 is 34.5 Å². The topological polar surface area (TPSA) is 74.7 Å². The molecule has 1 saturated heterocycles. The molecule has 3 rings (SSSR count). The zero-order chi connectivity index (χ0) is 17.8. The fourth-order valence-corrected chi connectivity index (χ4v) is 3.18. The van der Waals surface area contributed by atoms with Crippen LogP contribution in [0.1, 0.15) is 5.56 Å². The van der Waals surface area contributed by atoms with Gasteiger partial charge in [0.15, 0.2) is 0 Å². The predicted molar refractivity (Wildman–Crippen MR) is 98.7 cm³/mol. The van der Waals surface area contributed by atoms with E-state index in [1.807, 2.05) is 52.9 Å². The van der Waals surface area contributed by atoms with Crippen molar-refractivity contribution < 1.29 is 19.0 Å². The molecule has 0 radical (unpaired) electrons. The zero-order valence-corrected chi connectivity index (χ0v) is 15.4. The first kappa shape index (κ1) is 17.9. The van der Waals surface area contributed by atoms with E-state index < -0.39 is 24.2 Å². The fraction of sp³-hybridized carbons (Fsp3) is 0.294. The molecule has 6 nitrogen and oxygen atoms in total. The lowest BCUT2D eigenvalue weighted by molar-refractivity contribution is 0.118. The van der Waals surface area contributed by atoms with Crippen molar-refractivity contribution in [2.24, 2.45) is 0 Å². The molecule has 132 valence electrons. The number of hydrogen-bond acceptors (Lipinski definition) is 5. The molecule has 1 aliphatic heterocycles. The van der Waals surface area contributed by atoms with Gasteiger partial charge in [0.2, 0.25) is 5.95 Å². The summed E-state index contributed by atoms with van der Waals surface area (Å²) in [4.78, 5) is 17.5. The Balaban J connectivity index is 1.55. The van der Waals surface area contributed by atoms with E-state index in [9.17, 15) is 14.3 Å². The van der Waals surface area contributed by atoms with Gasteiger partial charge in [-0.1, -0.05) is 30.3 Å². The third-order valence-electron chi connectivity index (χ3n) is 3.87. The summed E-state index contributed by atoms with van der Waals surface area (Å²) >= 11 is 2.01. The van der Waals surface area contributed by atoms with Crippen molar-refractivity contribution in [3.8, 4) is 0 Å². The number of benzene rings is 1. The first-order valence-corrected chi connectivity index (χ1v) is 8.82. The van der Waals surface area contributed by atoms with Gasteiger partial charge in [-0.3, -0.25) is 0 Å². The summed E-state index contributed by atoms with van der Waals surface area (Å²) in [6, 6.07) is 11.9. The Hall–Kier alpha value is -1.94. The van der Waals surface area contributed by atoms with Crippen molar-refractivity contribution in [2.45, 2.75) is 18.8 Å². The zero-order valence-electron chi connectivity index (χ0n) is 13.2. The summed E-state index contributed by atoms with van der Waals surface area (Å²) in [6.07, 6.45) is -1.39. The molecular weight excluding hydrogens is 440 g/mol. The number of rotatable bonds is 4. The normalized spacial score (nSPS) is 19.7. The average molecular weight is 457 g/mol. The van der Waals surface area contributed by atoms with Crippen LogP contribution in [0.3, 0.4) is 0 Å². The van der Waals surface area contributed by atoms with Gasteiger partial charge in [0.1, 0.15) is 12.4 Å². The summed E-state index contributed by atoms with van der Waals surface area (Å²) in [6.45, 7) is 0.743. The number of carbonyl (C=O) groups is 1. The van der Waals surface area contributed by atoms with Crippen LogP contribution in [0.25, 0.3) is 0 Å². The molecule has 1 aliphatic rings. The number of halogens is 2. The van der Waals surface area contributed by atoms with Crippen molar-refractivity contribution in [1.29, 1.82) is 0 Å². The Kier molecular flexibility index (Phi) is 5.69. The van der Waals surface area contributed by atoms with E-state index in [2.05, 4.69) is 10.3 Å². The number of carbonyl (C=O) groups excluding carboxylic acids is 1. The highest BCUT2D eigenvalue weighted by molar-refractivity contribution is 14.1. The van der Waals surface area contributed by atoms with Crippen LogP contribution in [0.5, 0.6) is 0 Å². The smallest absolute Gasteiger partial charge is 0.407 e. The van der Waals surface area contributed by atoms with Crippen LogP contribution in [-0.2, 0) is 11.3 Å². The molecule has 2 atom stereocenters. The molecule has 1 aromatic heterocycles. The van der Waals surface area contributed by atoms with E-state index in [1.54, 1.807) is 11.0 Å². The molecule has 0 bridgehead atoms. The second-order valence-electron chi connectivity index (χ2n) is 5.75. The molecule has 0 spiro atoms. The third kappa shape index (κ3) is 4.79. The van der Waals surface area contributed by atoms with Crippen LogP contribution in [0.15, 0.2) is 42.5 Å². The Labute approximate surface area is 158 Å². The number of pyridine rings is 1. The van der Waals surface area contributed by atoms with E-state index in [1.165, 1.54) is 6.07 Å². The van der Waals surface area contributed by atoms with Gasteiger partial charge >= 0.3 is 6.09 Å². The molecule has 0 aliphatic carbocycles. The average Bonchev–Trinajstić information content (AvgIpc) is 2.94. The molecule has 25 heavy (non-hydrogen) atoms. The van der Waals surface area contributed by atoms with E-state index in [4.69, 9.17) is 4.74 Å². The Morgan fingerprint density at radius 3 is 2.84 bits per heavy atom. The molecule has 1 fully saturated rings.